The summed E-state index contributed by atoms with van der Waals surface area (Å²) in [5, 5.41) is 25.8. The number of carbonyl (C=O) groups excluding carboxylic acids is 1. The van der Waals surface area contributed by atoms with Gasteiger partial charge in [-0.05, 0) is 42.5 Å². The second kappa shape index (κ2) is 7.44. The van der Waals surface area contributed by atoms with Gasteiger partial charge in [-0.1, -0.05) is 13.8 Å². The van der Waals surface area contributed by atoms with Crippen molar-refractivity contribution in [1.29, 1.82) is 0 Å². The number of rotatable bonds is 7. The van der Waals surface area contributed by atoms with Crippen molar-refractivity contribution in [3.8, 4) is 11.4 Å². The maximum absolute atomic E-state index is 12.9. The average Bonchev–Trinajstić information content (AvgIpc) is 2.94. The fourth-order valence-corrected chi connectivity index (χ4v) is 2.18. The van der Waals surface area contributed by atoms with E-state index < -0.39 is 5.91 Å². The van der Waals surface area contributed by atoms with Crippen LogP contribution in [0.25, 0.3) is 5.69 Å². The number of halogens is 1. The third kappa shape index (κ3) is 4.55. The number of amides is 1. The highest BCUT2D eigenvalue weighted by molar-refractivity contribution is 5.94. The van der Waals surface area contributed by atoms with Gasteiger partial charge in [0.25, 0.3) is 5.91 Å². The fourth-order valence-electron chi connectivity index (χ4n) is 2.18. The van der Waals surface area contributed by atoms with E-state index in [-0.39, 0.29) is 29.3 Å². The van der Waals surface area contributed by atoms with E-state index in [4.69, 9.17) is 0 Å². The Balaban J connectivity index is 1.97. The lowest BCUT2D eigenvalue weighted by atomic mass is 9.89. The smallest absolute Gasteiger partial charge is 0.275 e. The van der Waals surface area contributed by atoms with E-state index in [1.807, 2.05) is 13.8 Å². The molecule has 130 valence electrons. The molecule has 0 fully saturated rings. The topological polar surface area (TPSA) is 87.4 Å². The highest BCUT2D eigenvalue weighted by Crippen LogP contribution is 2.21. The van der Waals surface area contributed by atoms with Crippen molar-refractivity contribution in [3.63, 3.8) is 0 Å². The first-order valence-electron chi connectivity index (χ1n) is 7.76. The summed E-state index contributed by atoms with van der Waals surface area (Å²) >= 11 is 0. The van der Waals surface area contributed by atoms with E-state index >= 15 is 0 Å². The number of aromatic hydroxyl groups is 1. The number of nitrogens with one attached hydrogen (secondary N) is 1. The van der Waals surface area contributed by atoms with Crippen LogP contribution in [0.5, 0.6) is 5.75 Å². The monoisotopic (exact) mass is 335 g/mol. The molecule has 0 aliphatic rings. The summed E-state index contributed by atoms with van der Waals surface area (Å²) in [5.74, 6) is -1.10. The van der Waals surface area contributed by atoms with Crippen molar-refractivity contribution in [2.45, 2.75) is 26.7 Å². The number of benzene rings is 1. The van der Waals surface area contributed by atoms with E-state index in [0.717, 1.165) is 6.42 Å². The van der Waals surface area contributed by atoms with Gasteiger partial charge in [0.1, 0.15) is 5.82 Å². The van der Waals surface area contributed by atoms with Crippen molar-refractivity contribution in [2.75, 3.05) is 13.2 Å². The van der Waals surface area contributed by atoms with Crippen molar-refractivity contribution in [2.24, 2.45) is 5.41 Å². The van der Waals surface area contributed by atoms with Gasteiger partial charge in [0, 0.05) is 13.2 Å². The molecule has 0 saturated heterocycles. The number of aliphatic hydroxyl groups is 1. The Bertz CT molecular complexity index is 696. The molecule has 0 unspecified atom stereocenters. The third-order valence-electron chi connectivity index (χ3n) is 3.75. The van der Waals surface area contributed by atoms with Crippen LogP contribution in [-0.4, -0.2) is 39.1 Å². The van der Waals surface area contributed by atoms with E-state index in [1.54, 1.807) is 0 Å². The molecule has 6 nitrogen and oxygen atoms in total. The molecule has 3 N–H and O–H groups in total. The number of aliphatic hydroxyl groups excluding tert-OH is 1. The normalized spacial score (nSPS) is 11.5. The highest BCUT2D eigenvalue weighted by atomic mass is 19.1. The van der Waals surface area contributed by atoms with Gasteiger partial charge in [0.05, 0.1) is 11.9 Å². The van der Waals surface area contributed by atoms with Crippen LogP contribution in [0.3, 0.4) is 0 Å². The second-order valence-electron chi connectivity index (χ2n) is 6.47. The predicted octanol–water partition coefficient (Wildman–Crippen LogP) is 2.25. The molecule has 1 aromatic heterocycles. The maximum Gasteiger partial charge on any atom is 0.275 e. The van der Waals surface area contributed by atoms with E-state index in [9.17, 15) is 19.4 Å². The number of aromatic nitrogens is 2. The molecular weight excluding hydrogens is 313 g/mol. The van der Waals surface area contributed by atoms with Crippen molar-refractivity contribution in [3.05, 3.63) is 42.0 Å². The van der Waals surface area contributed by atoms with Gasteiger partial charge < -0.3 is 15.5 Å². The zero-order chi connectivity index (χ0) is 17.7. The van der Waals surface area contributed by atoms with Crippen LogP contribution < -0.4 is 5.32 Å². The minimum Gasteiger partial charge on any atom is -0.504 e. The number of nitrogens with zero attached hydrogens (tertiary/aromatic N) is 2. The first-order chi connectivity index (χ1) is 11.3. The molecule has 0 aliphatic carbocycles. The maximum atomic E-state index is 12.9. The van der Waals surface area contributed by atoms with Crippen molar-refractivity contribution < 1.29 is 19.4 Å². The van der Waals surface area contributed by atoms with Crippen LogP contribution in [0.1, 0.15) is 37.2 Å². The number of hydrogen-bond acceptors (Lipinski definition) is 4. The molecule has 0 bridgehead atoms. The van der Waals surface area contributed by atoms with Gasteiger partial charge in [0.2, 0.25) is 0 Å². The van der Waals surface area contributed by atoms with Crippen LogP contribution in [0.2, 0.25) is 0 Å². The quantitative estimate of drug-likeness (QED) is 0.677. The Morgan fingerprint density at radius 1 is 1.33 bits per heavy atom. The minimum atomic E-state index is -0.477. The van der Waals surface area contributed by atoms with Gasteiger partial charge in [0.15, 0.2) is 11.4 Å². The summed E-state index contributed by atoms with van der Waals surface area (Å²) in [4.78, 5) is 12.1. The Morgan fingerprint density at radius 3 is 2.62 bits per heavy atom. The van der Waals surface area contributed by atoms with Gasteiger partial charge in [-0.15, -0.1) is 0 Å². The summed E-state index contributed by atoms with van der Waals surface area (Å²) in [5.41, 5.74) is 0.271. The second-order valence-corrected chi connectivity index (χ2v) is 6.47. The molecule has 0 saturated carbocycles. The zero-order valence-corrected chi connectivity index (χ0v) is 13.8. The van der Waals surface area contributed by atoms with Crippen molar-refractivity contribution in [1.82, 2.24) is 15.1 Å². The Hall–Kier alpha value is -2.41. The Morgan fingerprint density at radius 2 is 2.00 bits per heavy atom. The third-order valence-corrected chi connectivity index (χ3v) is 3.75. The summed E-state index contributed by atoms with van der Waals surface area (Å²) in [7, 11) is 0. The molecule has 0 atom stereocenters. The van der Waals surface area contributed by atoms with Gasteiger partial charge >= 0.3 is 0 Å². The SMILES string of the molecule is CC(C)(CO)CCCNC(=O)c1nn(-c2ccc(F)cc2)cc1O. The lowest BCUT2D eigenvalue weighted by molar-refractivity contribution is 0.0940. The summed E-state index contributed by atoms with van der Waals surface area (Å²) in [6.07, 6.45) is 2.77. The molecule has 0 aliphatic heterocycles. The Kier molecular flexibility index (Phi) is 5.56. The first-order valence-corrected chi connectivity index (χ1v) is 7.76. The standard InChI is InChI=1S/C17H22FN3O3/c1-17(2,11-22)8-3-9-19-16(24)15-14(23)10-21(20-15)13-6-4-12(18)5-7-13/h4-7,10,22-23H,3,8-9,11H2,1-2H3,(H,19,24). The predicted molar refractivity (Wildman–Crippen MR) is 87.6 cm³/mol. The molecule has 1 aromatic carbocycles. The number of carbonyl (C=O) groups is 1. The van der Waals surface area contributed by atoms with Crippen LogP contribution in [0, 0.1) is 11.2 Å². The van der Waals surface area contributed by atoms with E-state index in [1.165, 1.54) is 35.1 Å². The van der Waals surface area contributed by atoms with Gasteiger partial charge in [-0.2, -0.15) is 5.10 Å². The fraction of sp³-hybridized carbons (Fsp3) is 0.412. The molecule has 1 heterocycles. The lowest BCUT2D eigenvalue weighted by Crippen LogP contribution is -2.27. The van der Waals surface area contributed by atoms with Crippen LogP contribution in [0.4, 0.5) is 4.39 Å². The summed E-state index contributed by atoms with van der Waals surface area (Å²) in [6.45, 7) is 4.41. The molecule has 2 rings (SSSR count). The zero-order valence-electron chi connectivity index (χ0n) is 13.8. The Labute approximate surface area is 139 Å². The molecule has 2 aromatic rings. The minimum absolute atomic E-state index is 0.0826. The molecule has 24 heavy (non-hydrogen) atoms. The first kappa shape index (κ1) is 17.9. The molecule has 0 spiro atoms. The van der Waals surface area contributed by atoms with Crippen LogP contribution in [0.15, 0.2) is 30.5 Å². The summed E-state index contributed by atoms with van der Waals surface area (Å²) in [6, 6.07) is 5.55. The van der Waals surface area contributed by atoms with E-state index in [2.05, 4.69) is 10.4 Å². The van der Waals surface area contributed by atoms with Crippen molar-refractivity contribution >= 4 is 5.91 Å². The van der Waals surface area contributed by atoms with Gasteiger partial charge in [-0.3, -0.25) is 4.79 Å². The molecule has 0 radical (unpaired) electrons. The summed E-state index contributed by atoms with van der Waals surface area (Å²) < 4.78 is 14.3. The van der Waals surface area contributed by atoms with Gasteiger partial charge in [-0.25, -0.2) is 9.07 Å². The largest absolute Gasteiger partial charge is 0.504 e. The molecule has 1 amide bonds. The van der Waals surface area contributed by atoms with E-state index in [0.29, 0.717) is 18.7 Å². The lowest BCUT2D eigenvalue weighted by Gasteiger charge is -2.21. The average molecular weight is 335 g/mol. The van der Waals surface area contributed by atoms with Crippen LogP contribution >= 0.6 is 0 Å². The molecular formula is C17H22FN3O3. The van der Waals surface area contributed by atoms with Crippen LogP contribution in [-0.2, 0) is 0 Å². The number of hydrogen-bond donors (Lipinski definition) is 3. The molecule has 7 heteroatoms. The highest BCUT2D eigenvalue weighted by Gasteiger charge is 2.18.